The molecule has 1 aromatic heterocycles. The molecular weight excluding hydrogens is 486 g/mol. The minimum Gasteiger partial charge on any atom is -0.507 e. The van der Waals surface area contributed by atoms with Crippen LogP contribution in [0.2, 0.25) is 5.02 Å². The van der Waals surface area contributed by atoms with Gasteiger partial charge in [0, 0.05) is 36.1 Å². The molecule has 0 spiro atoms. The second-order valence-electron chi connectivity index (χ2n) is 8.11. The van der Waals surface area contributed by atoms with Crippen LogP contribution in [0.25, 0.3) is 5.76 Å². The maximum absolute atomic E-state index is 13.3. The summed E-state index contributed by atoms with van der Waals surface area (Å²) in [6, 6.07) is 8.87. The number of nitrogens with zero attached hydrogens (tertiary/aromatic N) is 3. The van der Waals surface area contributed by atoms with Crippen molar-refractivity contribution in [3.8, 4) is 17.2 Å². The monoisotopic (exact) mass is 511 g/mol. The summed E-state index contributed by atoms with van der Waals surface area (Å²) in [7, 11) is 4.45. The number of carbonyl (C=O) groups is 2. The average Bonchev–Trinajstić information content (AvgIpc) is 3.50. The molecule has 0 saturated carbocycles. The number of hydrogen-bond donors (Lipinski definition) is 1. The summed E-state index contributed by atoms with van der Waals surface area (Å²) in [5, 5.41) is 11.7. The normalized spacial score (nSPS) is 16.9. The number of carbonyl (C=O) groups excluding carboxylic acids is 2. The third kappa shape index (κ3) is 4.74. The lowest BCUT2D eigenvalue weighted by atomic mass is 9.94. The van der Waals surface area contributed by atoms with E-state index in [0.29, 0.717) is 46.4 Å². The van der Waals surface area contributed by atoms with Crippen LogP contribution in [0.4, 0.5) is 0 Å². The number of aromatic nitrogens is 2. The molecule has 1 aliphatic heterocycles. The Hall–Kier alpha value is -3.98. The molecule has 9 nitrogen and oxygen atoms in total. The number of ketones is 1. The number of aryl methyl sites for hydroxylation is 1. The van der Waals surface area contributed by atoms with Gasteiger partial charge in [-0.3, -0.25) is 9.59 Å². The smallest absolute Gasteiger partial charge is 0.295 e. The quantitative estimate of drug-likeness (QED) is 0.262. The van der Waals surface area contributed by atoms with Crippen LogP contribution in [-0.4, -0.2) is 59.1 Å². The van der Waals surface area contributed by atoms with Crippen molar-refractivity contribution in [3.63, 3.8) is 0 Å². The van der Waals surface area contributed by atoms with Crippen molar-refractivity contribution in [1.29, 1.82) is 0 Å². The highest BCUT2D eigenvalue weighted by molar-refractivity contribution is 6.46. The minimum absolute atomic E-state index is 0.0285. The van der Waals surface area contributed by atoms with Crippen molar-refractivity contribution in [2.24, 2.45) is 0 Å². The fraction of sp³-hybridized carbons (Fsp3) is 0.269. The predicted octanol–water partition coefficient (Wildman–Crippen LogP) is 4.07. The molecule has 1 saturated heterocycles. The number of hydrogen-bond acceptors (Lipinski definition) is 7. The Bertz CT molecular complexity index is 1260. The summed E-state index contributed by atoms with van der Waals surface area (Å²) in [5.41, 5.74) is 0.870. The average molecular weight is 512 g/mol. The lowest BCUT2D eigenvalue weighted by molar-refractivity contribution is -0.139. The molecule has 2 aromatic carbocycles. The molecule has 1 unspecified atom stereocenters. The Balaban J connectivity index is 1.83. The second kappa shape index (κ2) is 10.7. The van der Waals surface area contributed by atoms with Gasteiger partial charge in [-0.25, -0.2) is 4.98 Å². The second-order valence-corrected chi connectivity index (χ2v) is 8.55. The van der Waals surface area contributed by atoms with E-state index in [1.54, 1.807) is 48.9 Å². The highest BCUT2D eigenvalue weighted by atomic mass is 35.5. The van der Waals surface area contributed by atoms with Gasteiger partial charge in [-0.2, -0.15) is 0 Å². The first-order valence-corrected chi connectivity index (χ1v) is 11.6. The van der Waals surface area contributed by atoms with Crippen molar-refractivity contribution in [2.45, 2.75) is 19.0 Å². The van der Waals surface area contributed by atoms with Crippen LogP contribution >= 0.6 is 11.6 Å². The number of amides is 1. The molecule has 1 atom stereocenters. The van der Waals surface area contributed by atoms with Crippen LogP contribution in [0.1, 0.15) is 23.6 Å². The summed E-state index contributed by atoms with van der Waals surface area (Å²) in [4.78, 5) is 32.0. The van der Waals surface area contributed by atoms with Gasteiger partial charge >= 0.3 is 0 Å². The number of ether oxygens (including phenoxy) is 3. The van der Waals surface area contributed by atoms with Crippen LogP contribution < -0.4 is 14.2 Å². The lowest BCUT2D eigenvalue weighted by Crippen LogP contribution is -2.31. The molecule has 2 heterocycles. The molecule has 1 N–H and O–H groups in total. The molecule has 0 bridgehead atoms. The number of aliphatic hydroxyl groups is 1. The molecule has 36 heavy (non-hydrogen) atoms. The van der Waals surface area contributed by atoms with Crippen molar-refractivity contribution >= 4 is 29.1 Å². The van der Waals surface area contributed by atoms with Gasteiger partial charge in [-0.15, -0.1) is 0 Å². The third-order valence-electron chi connectivity index (χ3n) is 6.03. The van der Waals surface area contributed by atoms with Crippen LogP contribution in [0.15, 0.2) is 60.7 Å². The first-order valence-electron chi connectivity index (χ1n) is 11.2. The number of imidazole rings is 1. The molecule has 188 valence electrons. The number of Topliss-reactive ketones (excluding diaryl/α,β-unsaturated/α-hetero) is 1. The van der Waals surface area contributed by atoms with E-state index in [1.165, 1.54) is 26.2 Å². The van der Waals surface area contributed by atoms with Crippen molar-refractivity contribution in [3.05, 3.63) is 76.8 Å². The van der Waals surface area contributed by atoms with Gasteiger partial charge in [0.1, 0.15) is 5.76 Å². The molecule has 1 amide bonds. The molecule has 4 rings (SSSR count). The number of methoxy groups -OCH3 is 3. The third-order valence-corrected chi connectivity index (χ3v) is 6.29. The van der Waals surface area contributed by atoms with E-state index in [4.69, 9.17) is 25.8 Å². The number of rotatable bonds is 9. The van der Waals surface area contributed by atoms with Gasteiger partial charge < -0.3 is 28.8 Å². The predicted molar refractivity (Wildman–Crippen MR) is 133 cm³/mol. The Morgan fingerprint density at radius 3 is 2.25 bits per heavy atom. The Morgan fingerprint density at radius 1 is 1.03 bits per heavy atom. The fourth-order valence-electron chi connectivity index (χ4n) is 4.32. The van der Waals surface area contributed by atoms with Crippen LogP contribution in [0, 0.1) is 0 Å². The molecule has 3 aromatic rings. The van der Waals surface area contributed by atoms with Gasteiger partial charge in [0.15, 0.2) is 11.5 Å². The zero-order chi connectivity index (χ0) is 25.8. The number of likely N-dealkylation sites (tertiary alicyclic amines) is 1. The fourth-order valence-corrected chi connectivity index (χ4v) is 4.45. The molecule has 1 fully saturated rings. The highest BCUT2D eigenvalue weighted by Crippen LogP contribution is 2.45. The van der Waals surface area contributed by atoms with Crippen molar-refractivity contribution in [2.75, 3.05) is 27.9 Å². The van der Waals surface area contributed by atoms with E-state index in [2.05, 4.69) is 4.98 Å². The molecule has 0 radical (unpaired) electrons. The number of aliphatic hydroxyl groups excluding tert-OH is 1. The van der Waals surface area contributed by atoms with Crippen LogP contribution in [0.5, 0.6) is 17.2 Å². The first-order chi connectivity index (χ1) is 17.4. The lowest BCUT2D eigenvalue weighted by Gasteiger charge is -2.26. The van der Waals surface area contributed by atoms with E-state index in [9.17, 15) is 14.7 Å². The number of halogens is 1. The first kappa shape index (κ1) is 25.1. The van der Waals surface area contributed by atoms with Gasteiger partial charge in [0.2, 0.25) is 5.75 Å². The molecule has 1 aliphatic rings. The molecule has 0 aliphatic carbocycles. The van der Waals surface area contributed by atoms with Crippen LogP contribution in [0.3, 0.4) is 0 Å². The molecule has 10 heteroatoms. The maximum atomic E-state index is 13.3. The SMILES string of the molecule is COc1cc(C2/C(=C(/O)c3ccc(Cl)cc3)C(=O)C(=O)N2CCCn2ccnc2)cc(OC)c1OC. The largest absolute Gasteiger partial charge is 0.507 e. The topological polar surface area (TPSA) is 103 Å². The summed E-state index contributed by atoms with van der Waals surface area (Å²) in [6.07, 6.45) is 5.75. The van der Waals surface area contributed by atoms with Gasteiger partial charge in [-0.05, 0) is 48.4 Å². The van der Waals surface area contributed by atoms with E-state index < -0.39 is 17.7 Å². The zero-order valence-corrected chi connectivity index (χ0v) is 20.9. The Labute approximate surface area is 213 Å². The van der Waals surface area contributed by atoms with E-state index in [-0.39, 0.29) is 17.9 Å². The van der Waals surface area contributed by atoms with Gasteiger partial charge in [-0.1, -0.05) is 11.6 Å². The summed E-state index contributed by atoms with van der Waals surface area (Å²) in [6.45, 7) is 0.865. The van der Waals surface area contributed by atoms with E-state index >= 15 is 0 Å². The van der Waals surface area contributed by atoms with E-state index in [1.807, 2.05) is 10.8 Å². The summed E-state index contributed by atoms with van der Waals surface area (Å²) < 4.78 is 18.3. The Kier molecular flexibility index (Phi) is 7.49. The van der Waals surface area contributed by atoms with Gasteiger partial charge in [0.05, 0.1) is 39.3 Å². The summed E-state index contributed by atoms with van der Waals surface area (Å²) >= 11 is 6.00. The van der Waals surface area contributed by atoms with E-state index in [0.717, 1.165) is 0 Å². The Morgan fingerprint density at radius 2 is 1.69 bits per heavy atom. The standard InChI is InChI=1S/C26H26ClN3O6/c1-34-19-13-17(14-20(35-2)25(19)36-3)22-21(23(31)16-5-7-18(27)8-6-16)24(32)26(33)30(22)11-4-10-29-12-9-28-15-29/h5-9,12-15,22,31H,4,10-11H2,1-3H3/b23-21-. The maximum Gasteiger partial charge on any atom is 0.295 e. The molecular formula is C26H26ClN3O6. The van der Waals surface area contributed by atoms with Crippen LogP contribution in [-0.2, 0) is 16.1 Å². The number of benzene rings is 2. The van der Waals surface area contributed by atoms with Crippen molar-refractivity contribution < 1.29 is 28.9 Å². The highest BCUT2D eigenvalue weighted by Gasteiger charge is 2.46. The van der Waals surface area contributed by atoms with Crippen molar-refractivity contribution in [1.82, 2.24) is 14.5 Å². The minimum atomic E-state index is -0.878. The van der Waals surface area contributed by atoms with Gasteiger partial charge in [0.25, 0.3) is 11.7 Å². The zero-order valence-electron chi connectivity index (χ0n) is 20.1. The summed E-state index contributed by atoms with van der Waals surface area (Å²) in [5.74, 6) is -0.664.